The zero-order valence-corrected chi connectivity index (χ0v) is 9.79. The Balaban J connectivity index is 2.45. The number of likely N-dealkylation sites (N-methyl/N-ethyl adjacent to an activating group) is 1. The van der Waals surface area contributed by atoms with Gasteiger partial charge in [-0.15, -0.1) is 0 Å². The molecule has 0 saturated carbocycles. The van der Waals surface area contributed by atoms with Crippen LogP contribution in [0.15, 0.2) is 0 Å². The van der Waals surface area contributed by atoms with Gasteiger partial charge < -0.3 is 15.0 Å². The number of piperidine rings is 1. The maximum atomic E-state index is 11.8. The van der Waals surface area contributed by atoms with Gasteiger partial charge in [0.25, 0.3) is 0 Å². The lowest BCUT2D eigenvalue weighted by Crippen LogP contribution is -2.48. The van der Waals surface area contributed by atoms with Crippen molar-refractivity contribution in [2.45, 2.75) is 32.2 Å². The number of nitrogens with zero attached hydrogens (tertiary/aromatic N) is 1. The van der Waals surface area contributed by atoms with Gasteiger partial charge in [-0.3, -0.25) is 4.79 Å². The number of carbonyl (C=O) groups is 1. The van der Waals surface area contributed by atoms with Crippen molar-refractivity contribution in [3.8, 4) is 0 Å². The van der Waals surface area contributed by atoms with E-state index >= 15 is 0 Å². The second kappa shape index (κ2) is 6.80. The first-order valence-corrected chi connectivity index (χ1v) is 5.81. The van der Waals surface area contributed by atoms with Crippen molar-refractivity contribution in [3.63, 3.8) is 0 Å². The molecule has 0 aromatic carbocycles. The Morgan fingerprint density at radius 3 is 3.00 bits per heavy atom. The molecule has 0 bridgehead atoms. The van der Waals surface area contributed by atoms with E-state index in [4.69, 9.17) is 4.74 Å². The maximum Gasteiger partial charge on any atom is 0.236 e. The Morgan fingerprint density at radius 1 is 1.53 bits per heavy atom. The molecule has 0 radical (unpaired) electrons. The van der Waals surface area contributed by atoms with Crippen molar-refractivity contribution in [3.05, 3.63) is 0 Å². The smallest absolute Gasteiger partial charge is 0.236 e. The van der Waals surface area contributed by atoms with Crippen LogP contribution < -0.4 is 5.32 Å². The zero-order valence-electron chi connectivity index (χ0n) is 9.79. The first-order valence-electron chi connectivity index (χ1n) is 5.81. The molecule has 0 aliphatic carbocycles. The minimum absolute atomic E-state index is 0.196. The van der Waals surface area contributed by atoms with E-state index in [0.717, 1.165) is 26.0 Å². The molecule has 0 spiro atoms. The lowest BCUT2D eigenvalue weighted by Gasteiger charge is -2.35. The summed E-state index contributed by atoms with van der Waals surface area (Å²) in [6.45, 7) is 4.72. The minimum Gasteiger partial charge on any atom is -0.380 e. The average molecular weight is 214 g/mol. The van der Waals surface area contributed by atoms with E-state index in [2.05, 4.69) is 5.32 Å². The van der Waals surface area contributed by atoms with E-state index in [9.17, 15) is 4.79 Å². The molecule has 1 aliphatic rings. The number of hydrogen-bond donors (Lipinski definition) is 1. The largest absolute Gasteiger partial charge is 0.380 e. The topological polar surface area (TPSA) is 41.6 Å². The maximum absolute atomic E-state index is 11.8. The Morgan fingerprint density at radius 2 is 2.33 bits per heavy atom. The van der Waals surface area contributed by atoms with Crippen LogP contribution in [0.4, 0.5) is 0 Å². The third-order valence-electron chi connectivity index (χ3n) is 2.79. The van der Waals surface area contributed by atoms with E-state index < -0.39 is 0 Å². The number of rotatable bonds is 5. The van der Waals surface area contributed by atoms with Crippen LogP contribution in [0.25, 0.3) is 0 Å². The highest BCUT2D eigenvalue weighted by molar-refractivity contribution is 5.78. The monoisotopic (exact) mass is 214 g/mol. The molecule has 15 heavy (non-hydrogen) atoms. The highest BCUT2D eigenvalue weighted by Crippen LogP contribution is 2.17. The molecule has 4 heteroatoms. The zero-order chi connectivity index (χ0) is 11.1. The quantitative estimate of drug-likeness (QED) is 0.729. The number of amides is 1. The first kappa shape index (κ1) is 12.5. The van der Waals surface area contributed by atoms with Gasteiger partial charge in [0, 0.05) is 13.2 Å². The number of hydrogen-bond acceptors (Lipinski definition) is 3. The fraction of sp³-hybridized carbons (Fsp3) is 0.909. The molecule has 88 valence electrons. The van der Waals surface area contributed by atoms with Gasteiger partial charge >= 0.3 is 0 Å². The standard InChI is InChI=1S/C11H22N2O2/c1-3-15-9-10-6-4-5-7-13(10)11(14)8-12-2/h10,12H,3-9H2,1-2H3/t10-/m0/s1. The van der Waals surface area contributed by atoms with E-state index in [-0.39, 0.29) is 5.91 Å². The van der Waals surface area contributed by atoms with Crippen LogP contribution in [0.1, 0.15) is 26.2 Å². The van der Waals surface area contributed by atoms with Crippen LogP contribution in [-0.2, 0) is 9.53 Å². The van der Waals surface area contributed by atoms with E-state index in [1.54, 1.807) is 7.05 Å². The van der Waals surface area contributed by atoms with Gasteiger partial charge in [-0.1, -0.05) is 0 Å². The normalized spacial score (nSPS) is 21.7. The van der Waals surface area contributed by atoms with Gasteiger partial charge in [0.2, 0.25) is 5.91 Å². The molecule has 4 nitrogen and oxygen atoms in total. The molecular formula is C11H22N2O2. The lowest BCUT2D eigenvalue weighted by atomic mass is 10.0. The summed E-state index contributed by atoms with van der Waals surface area (Å²) in [5.41, 5.74) is 0. The first-order chi connectivity index (χ1) is 7.29. The van der Waals surface area contributed by atoms with Gasteiger partial charge in [-0.05, 0) is 33.2 Å². The highest BCUT2D eigenvalue weighted by atomic mass is 16.5. The van der Waals surface area contributed by atoms with E-state index in [0.29, 0.717) is 19.2 Å². The molecule has 0 unspecified atom stereocenters. The molecule has 1 heterocycles. The van der Waals surface area contributed by atoms with Crippen LogP contribution in [0.3, 0.4) is 0 Å². The van der Waals surface area contributed by atoms with Gasteiger partial charge in [-0.25, -0.2) is 0 Å². The molecule has 0 aromatic rings. The molecule has 1 atom stereocenters. The van der Waals surface area contributed by atoms with Crippen molar-refractivity contribution in [2.24, 2.45) is 0 Å². The summed E-state index contributed by atoms with van der Waals surface area (Å²) >= 11 is 0. The number of carbonyl (C=O) groups excluding carboxylic acids is 1. The van der Waals surface area contributed by atoms with Crippen LogP contribution in [0.2, 0.25) is 0 Å². The molecule has 1 aliphatic heterocycles. The summed E-state index contributed by atoms with van der Waals surface area (Å²) in [5.74, 6) is 0.196. The minimum atomic E-state index is 0.196. The third kappa shape index (κ3) is 3.80. The molecule has 1 rings (SSSR count). The molecule has 0 aromatic heterocycles. The summed E-state index contributed by atoms with van der Waals surface area (Å²) < 4.78 is 5.42. The second-order valence-corrected chi connectivity index (χ2v) is 3.93. The SMILES string of the molecule is CCOC[C@@H]1CCCCN1C(=O)CNC. The molecule has 1 saturated heterocycles. The van der Waals surface area contributed by atoms with Crippen molar-refractivity contribution in [2.75, 3.05) is 33.4 Å². The van der Waals surface area contributed by atoms with Crippen LogP contribution in [-0.4, -0.2) is 50.2 Å². The van der Waals surface area contributed by atoms with Crippen molar-refractivity contribution < 1.29 is 9.53 Å². The van der Waals surface area contributed by atoms with Gasteiger partial charge in [0.05, 0.1) is 19.2 Å². The molecule has 1 fully saturated rings. The summed E-state index contributed by atoms with van der Waals surface area (Å²) in [6, 6.07) is 0.291. The summed E-state index contributed by atoms with van der Waals surface area (Å²) in [7, 11) is 1.80. The summed E-state index contributed by atoms with van der Waals surface area (Å²) in [5, 5.41) is 2.91. The molecular weight excluding hydrogens is 192 g/mol. The predicted octanol–water partition coefficient (Wildman–Crippen LogP) is 0.623. The van der Waals surface area contributed by atoms with Crippen molar-refractivity contribution >= 4 is 5.91 Å². The predicted molar refractivity (Wildman–Crippen MR) is 59.8 cm³/mol. The summed E-state index contributed by atoms with van der Waals surface area (Å²) in [4.78, 5) is 13.7. The highest BCUT2D eigenvalue weighted by Gasteiger charge is 2.25. The van der Waals surface area contributed by atoms with Crippen molar-refractivity contribution in [1.82, 2.24) is 10.2 Å². The van der Waals surface area contributed by atoms with Crippen LogP contribution >= 0.6 is 0 Å². The number of ether oxygens (including phenoxy) is 1. The van der Waals surface area contributed by atoms with Crippen LogP contribution in [0.5, 0.6) is 0 Å². The third-order valence-corrected chi connectivity index (χ3v) is 2.79. The molecule has 1 N–H and O–H groups in total. The van der Waals surface area contributed by atoms with Gasteiger partial charge in [0.15, 0.2) is 0 Å². The number of nitrogens with one attached hydrogen (secondary N) is 1. The van der Waals surface area contributed by atoms with Gasteiger partial charge in [0.1, 0.15) is 0 Å². The van der Waals surface area contributed by atoms with Crippen molar-refractivity contribution in [1.29, 1.82) is 0 Å². The Hall–Kier alpha value is -0.610. The fourth-order valence-electron chi connectivity index (χ4n) is 2.01. The number of likely N-dealkylation sites (tertiary alicyclic amines) is 1. The Kier molecular flexibility index (Phi) is 5.65. The lowest BCUT2D eigenvalue weighted by molar-refractivity contribution is -0.135. The second-order valence-electron chi connectivity index (χ2n) is 3.93. The van der Waals surface area contributed by atoms with Gasteiger partial charge in [-0.2, -0.15) is 0 Å². The van der Waals surface area contributed by atoms with Crippen LogP contribution in [0, 0.1) is 0 Å². The summed E-state index contributed by atoms with van der Waals surface area (Å²) in [6.07, 6.45) is 3.41. The van der Waals surface area contributed by atoms with E-state index in [1.165, 1.54) is 6.42 Å². The Labute approximate surface area is 92.0 Å². The Bertz CT molecular complexity index is 197. The molecule has 1 amide bonds. The fourth-order valence-corrected chi connectivity index (χ4v) is 2.01. The average Bonchev–Trinajstić information content (AvgIpc) is 2.27. The van der Waals surface area contributed by atoms with E-state index in [1.807, 2.05) is 11.8 Å².